The monoisotopic (exact) mass is 654 g/mol. The molecule has 1 saturated carbocycles. The second kappa shape index (κ2) is 35.5. The molecule has 1 rings (SSSR count). The van der Waals surface area contributed by atoms with Gasteiger partial charge in [-0.25, -0.2) is 0 Å². The number of nitrogens with zero attached hydrogens (tertiary/aromatic N) is 3. The molecule has 47 heavy (non-hydrogen) atoms. The van der Waals surface area contributed by atoms with Gasteiger partial charge < -0.3 is 9.47 Å². The summed E-state index contributed by atoms with van der Waals surface area (Å²) in [6.45, 7) is 6.13. The average Bonchev–Trinajstić information content (AvgIpc) is 3.07. The molecule has 0 bridgehead atoms. The maximum Gasteiger partial charge on any atom is 0.0603 e. The van der Waals surface area contributed by atoms with Crippen molar-refractivity contribution in [2.24, 2.45) is 5.11 Å². The van der Waals surface area contributed by atoms with E-state index in [4.69, 9.17) is 15.0 Å². The minimum absolute atomic E-state index is 0.00418. The molecule has 0 aromatic carbocycles. The van der Waals surface area contributed by atoms with Crippen molar-refractivity contribution in [2.75, 3.05) is 13.2 Å². The third-order valence-corrected chi connectivity index (χ3v) is 9.21. The molecule has 0 spiro atoms. The fraction of sp³-hybridized carbons (Fsp3) is 0.810. The van der Waals surface area contributed by atoms with E-state index in [2.05, 4.69) is 72.5 Å². The molecule has 5 nitrogen and oxygen atoms in total. The summed E-state index contributed by atoms with van der Waals surface area (Å²) in [5.41, 5.74) is 9.02. The van der Waals surface area contributed by atoms with Crippen molar-refractivity contribution in [3.63, 3.8) is 0 Å². The topological polar surface area (TPSA) is 67.2 Å². The third kappa shape index (κ3) is 30.0. The van der Waals surface area contributed by atoms with Gasteiger partial charge in [0.2, 0.25) is 0 Å². The zero-order valence-corrected chi connectivity index (χ0v) is 31.0. The van der Waals surface area contributed by atoms with E-state index in [0.29, 0.717) is 0 Å². The molecule has 2 unspecified atom stereocenters. The summed E-state index contributed by atoms with van der Waals surface area (Å²) in [4.78, 5) is 3.09. The minimum Gasteiger partial charge on any atom is -0.378 e. The standard InChI is InChI=1S/C42H75N3O2/c1-3-5-7-9-11-13-15-17-19-21-23-25-27-29-31-33-35-46-41-37-40(44-45-43)38-42(39-41)47-36-34-32-30-28-26-24-22-20-18-16-14-12-10-8-6-4-2/h11-14,17-20,40-42H,3-10,15-16,21-39H2,1-2H3. The maximum absolute atomic E-state index is 9.02. The summed E-state index contributed by atoms with van der Waals surface area (Å²) in [6.07, 6.45) is 51.7. The lowest BCUT2D eigenvalue weighted by Gasteiger charge is -2.33. The third-order valence-electron chi connectivity index (χ3n) is 9.21. The highest BCUT2D eigenvalue weighted by Gasteiger charge is 2.29. The van der Waals surface area contributed by atoms with E-state index in [0.717, 1.165) is 58.2 Å². The van der Waals surface area contributed by atoms with Crippen LogP contribution in [0.2, 0.25) is 0 Å². The Morgan fingerprint density at radius 2 is 0.851 bits per heavy atom. The van der Waals surface area contributed by atoms with E-state index >= 15 is 0 Å². The first-order valence-electron chi connectivity index (χ1n) is 20.2. The first-order chi connectivity index (χ1) is 23.3. The smallest absolute Gasteiger partial charge is 0.0603 e. The highest BCUT2D eigenvalue weighted by atomic mass is 16.5. The Morgan fingerprint density at radius 3 is 1.23 bits per heavy atom. The molecule has 0 aromatic rings. The number of hydrogen-bond donors (Lipinski definition) is 0. The average molecular weight is 654 g/mol. The van der Waals surface area contributed by atoms with E-state index < -0.39 is 0 Å². The lowest BCUT2D eigenvalue weighted by Crippen LogP contribution is -2.35. The number of ether oxygens (including phenoxy) is 2. The van der Waals surface area contributed by atoms with Crippen LogP contribution in [0.15, 0.2) is 53.7 Å². The quantitative estimate of drug-likeness (QED) is 0.0232. The Labute approximate surface area is 291 Å². The summed E-state index contributed by atoms with van der Waals surface area (Å²) in [7, 11) is 0. The molecule has 0 saturated heterocycles. The molecule has 1 aliphatic rings. The summed E-state index contributed by atoms with van der Waals surface area (Å²) in [5, 5.41) is 4.04. The molecule has 0 N–H and O–H groups in total. The summed E-state index contributed by atoms with van der Waals surface area (Å²) < 4.78 is 12.5. The van der Waals surface area contributed by atoms with Crippen molar-refractivity contribution in [3.05, 3.63) is 59.1 Å². The molecule has 0 amide bonds. The molecule has 0 radical (unpaired) electrons. The van der Waals surface area contributed by atoms with Gasteiger partial charge in [-0.2, -0.15) is 0 Å². The van der Waals surface area contributed by atoms with Gasteiger partial charge in [0, 0.05) is 24.2 Å². The van der Waals surface area contributed by atoms with E-state index in [-0.39, 0.29) is 18.2 Å². The molecule has 5 heteroatoms. The van der Waals surface area contributed by atoms with Crippen LogP contribution in [0.4, 0.5) is 0 Å². The van der Waals surface area contributed by atoms with Crippen LogP contribution in [0, 0.1) is 0 Å². The van der Waals surface area contributed by atoms with Crippen LogP contribution in [0.5, 0.6) is 0 Å². The van der Waals surface area contributed by atoms with Crippen molar-refractivity contribution in [1.29, 1.82) is 0 Å². The molecular weight excluding hydrogens is 578 g/mol. The van der Waals surface area contributed by atoms with Crippen molar-refractivity contribution in [1.82, 2.24) is 0 Å². The number of unbranched alkanes of at least 4 members (excludes halogenated alkanes) is 18. The highest BCUT2D eigenvalue weighted by Crippen LogP contribution is 2.27. The van der Waals surface area contributed by atoms with Crippen molar-refractivity contribution < 1.29 is 9.47 Å². The second-order valence-corrected chi connectivity index (χ2v) is 13.7. The zero-order valence-electron chi connectivity index (χ0n) is 31.0. The normalized spacial score (nSPS) is 18.7. The van der Waals surface area contributed by atoms with Crippen molar-refractivity contribution in [3.8, 4) is 0 Å². The van der Waals surface area contributed by atoms with Crippen LogP contribution in [-0.2, 0) is 9.47 Å². The van der Waals surface area contributed by atoms with Crippen LogP contribution < -0.4 is 0 Å². The number of rotatable bonds is 33. The summed E-state index contributed by atoms with van der Waals surface area (Å²) >= 11 is 0. The maximum atomic E-state index is 9.02. The van der Waals surface area contributed by atoms with Crippen LogP contribution in [0.3, 0.4) is 0 Å². The van der Waals surface area contributed by atoms with Crippen LogP contribution in [-0.4, -0.2) is 31.5 Å². The summed E-state index contributed by atoms with van der Waals surface area (Å²) in [6, 6.07) is -0.00418. The Balaban J connectivity index is 2.01. The Kier molecular flexibility index (Phi) is 32.6. The Bertz CT molecular complexity index is 772. The highest BCUT2D eigenvalue weighted by molar-refractivity contribution is 4.93. The number of azide groups is 1. The predicted molar refractivity (Wildman–Crippen MR) is 205 cm³/mol. The Morgan fingerprint density at radius 1 is 0.489 bits per heavy atom. The van der Waals surface area contributed by atoms with E-state index in [9.17, 15) is 0 Å². The van der Waals surface area contributed by atoms with Gasteiger partial charge in [-0.1, -0.05) is 145 Å². The van der Waals surface area contributed by atoms with Gasteiger partial charge >= 0.3 is 0 Å². The molecule has 2 atom stereocenters. The summed E-state index contributed by atoms with van der Waals surface area (Å²) in [5.74, 6) is 0. The first-order valence-corrected chi connectivity index (χ1v) is 20.2. The van der Waals surface area contributed by atoms with E-state index in [1.165, 1.54) is 128 Å². The fourth-order valence-corrected chi connectivity index (χ4v) is 6.31. The fourth-order valence-electron chi connectivity index (χ4n) is 6.31. The minimum atomic E-state index is -0.00418. The molecule has 0 heterocycles. The lowest BCUT2D eigenvalue weighted by molar-refractivity contribution is -0.0511. The molecular formula is C42H75N3O2. The molecule has 0 aromatic heterocycles. The van der Waals surface area contributed by atoms with E-state index in [1.54, 1.807) is 0 Å². The van der Waals surface area contributed by atoms with E-state index in [1.807, 2.05) is 0 Å². The molecule has 0 aliphatic heterocycles. The van der Waals surface area contributed by atoms with Gasteiger partial charge in [0.15, 0.2) is 0 Å². The molecule has 1 fully saturated rings. The van der Waals surface area contributed by atoms with Gasteiger partial charge in [0.1, 0.15) is 0 Å². The molecule has 1 aliphatic carbocycles. The van der Waals surface area contributed by atoms with Gasteiger partial charge in [0.25, 0.3) is 0 Å². The molecule has 270 valence electrons. The van der Waals surface area contributed by atoms with Crippen LogP contribution >= 0.6 is 0 Å². The van der Waals surface area contributed by atoms with Gasteiger partial charge in [-0.15, -0.1) is 0 Å². The SMILES string of the molecule is CCCCCC=CCC=CCCCCCCCCOC1CC(N=[N+]=[N-])CC(OCCCCCCCCC=CCC=CCCCCC)C1. The van der Waals surface area contributed by atoms with Crippen LogP contribution in [0.1, 0.15) is 187 Å². The lowest BCUT2D eigenvalue weighted by atomic mass is 9.91. The van der Waals surface area contributed by atoms with Crippen molar-refractivity contribution >= 4 is 0 Å². The predicted octanol–water partition coefficient (Wildman–Crippen LogP) is 14.2. The van der Waals surface area contributed by atoms with Crippen molar-refractivity contribution in [2.45, 2.75) is 205 Å². The van der Waals surface area contributed by atoms with Gasteiger partial charge in [-0.05, 0) is 102 Å². The van der Waals surface area contributed by atoms with Crippen LogP contribution in [0.25, 0.3) is 10.4 Å². The number of allylic oxidation sites excluding steroid dienone is 8. The second-order valence-electron chi connectivity index (χ2n) is 13.7. The first kappa shape index (κ1) is 43.2. The van der Waals surface area contributed by atoms with Gasteiger partial charge in [0.05, 0.1) is 12.2 Å². The largest absolute Gasteiger partial charge is 0.378 e. The van der Waals surface area contributed by atoms with Gasteiger partial charge in [-0.3, -0.25) is 0 Å². The Hall–Kier alpha value is -1.81. The zero-order chi connectivity index (χ0) is 33.7. The number of hydrogen-bond acceptors (Lipinski definition) is 3.